The summed E-state index contributed by atoms with van der Waals surface area (Å²) in [6.45, 7) is 1.06. The van der Waals surface area contributed by atoms with Gasteiger partial charge < -0.3 is 4.90 Å². The van der Waals surface area contributed by atoms with Crippen LogP contribution in [0.25, 0.3) is 11.3 Å². The Morgan fingerprint density at radius 2 is 1.87 bits per heavy atom. The first kappa shape index (κ1) is 22.0. The molecule has 0 amide bonds. The van der Waals surface area contributed by atoms with Gasteiger partial charge >= 0.3 is 0 Å². The van der Waals surface area contributed by atoms with Gasteiger partial charge in [-0.3, -0.25) is 10.1 Å². The van der Waals surface area contributed by atoms with Gasteiger partial charge in [0.15, 0.2) is 15.0 Å². The molecule has 1 aliphatic rings. The molecule has 0 spiro atoms. The molecule has 0 saturated carbocycles. The molecule has 0 N–H and O–H groups in total. The Hall–Kier alpha value is -2.20. The lowest BCUT2D eigenvalue weighted by Crippen LogP contribution is -2.39. The minimum Gasteiger partial charge on any atom is -0.348 e. The molecule has 0 radical (unpaired) electrons. The molecule has 0 bridgehead atoms. The number of anilines is 1. The summed E-state index contributed by atoms with van der Waals surface area (Å²) in [5.41, 5.74) is 1.30. The van der Waals surface area contributed by atoms with Crippen molar-refractivity contribution in [1.82, 2.24) is 4.98 Å². The van der Waals surface area contributed by atoms with Crippen molar-refractivity contribution in [2.24, 2.45) is 0 Å². The van der Waals surface area contributed by atoms with Crippen LogP contribution in [0.2, 0.25) is 10.0 Å². The van der Waals surface area contributed by atoms with Crippen LogP contribution in [0.4, 0.5) is 10.8 Å². The smallest absolute Gasteiger partial charge is 0.270 e. The second kappa shape index (κ2) is 8.74. The largest absolute Gasteiger partial charge is 0.348 e. The van der Waals surface area contributed by atoms with Gasteiger partial charge in [-0.05, 0) is 37.1 Å². The molecule has 2 heterocycles. The van der Waals surface area contributed by atoms with E-state index in [0.717, 1.165) is 22.5 Å². The summed E-state index contributed by atoms with van der Waals surface area (Å²) in [5, 5.41) is 14.2. The standard InChI is InChI=1S/C20H17Cl2N3O4S2/c21-13-4-5-17(18(22)10-13)19-12-30-20(23-19)24-8-6-15(7-9-24)31(28,29)16-3-1-2-14(11-16)25(26)27/h1-5,10-12,15H,6-9H2. The van der Waals surface area contributed by atoms with Gasteiger partial charge in [-0.15, -0.1) is 11.3 Å². The first-order valence-electron chi connectivity index (χ1n) is 9.40. The van der Waals surface area contributed by atoms with Gasteiger partial charge in [0.1, 0.15) is 0 Å². The number of nitrogens with zero attached hydrogens (tertiary/aromatic N) is 3. The monoisotopic (exact) mass is 497 g/mol. The minimum absolute atomic E-state index is 0.00550. The van der Waals surface area contributed by atoms with E-state index in [1.165, 1.54) is 29.5 Å². The van der Waals surface area contributed by atoms with Crippen LogP contribution in [-0.2, 0) is 9.84 Å². The fourth-order valence-electron chi connectivity index (χ4n) is 3.55. The van der Waals surface area contributed by atoms with Gasteiger partial charge in [0, 0.05) is 41.2 Å². The molecule has 3 aromatic rings. The van der Waals surface area contributed by atoms with E-state index in [-0.39, 0.29) is 10.6 Å². The van der Waals surface area contributed by atoms with Crippen LogP contribution in [0.1, 0.15) is 12.8 Å². The quantitative estimate of drug-likeness (QED) is 0.342. The van der Waals surface area contributed by atoms with Crippen molar-refractivity contribution in [2.75, 3.05) is 18.0 Å². The number of nitro benzene ring substituents is 1. The van der Waals surface area contributed by atoms with Crippen LogP contribution < -0.4 is 4.90 Å². The fourth-order valence-corrected chi connectivity index (χ4v) is 6.71. The van der Waals surface area contributed by atoms with Gasteiger partial charge in [-0.25, -0.2) is 13.4 Å². The van der Waals surface area contributed by atoms with E-state index in [4.69, 9.17) is 23.2 Å². The first-order chi connectivity index (χ1) is 14.8. The number of benzene rings is 2. The van der Waals surface area contributed by atoms with Crippen molar-refractivity contribution < 1.29 is 13.3 Å². The molecule has 1 aromatic heterocycles. The molecule has 0 unspecified atom stereocenters. The Morgan fingerprint density at radius 3 is 2.55 bits per heavy atom. The number of aromatic nitrogens is 1. The summed E-state index contributed by atoms with van der Waals surface area (Å²) < 4.78 is 26.0. The number of non-ortho nitro benzene ring substituents is 1. The highest BCUT2D eigenvalue weighted by Gasteiger charge is 2.33. The Balaban J connectivity index is 1.47. The second-order valence-electron chi connectivity index (χ2n) is 7.13. The van der Waals surface area contributed by atoms with Gasteiger partial charge in [0.05, 0.1) is 25.8 Å². The van der Waals surface area contributed by atoms with Crippen molar-refractivity contribution in [3.05, 3.63) is 68.0 Å². The molecular formula is C20H17Cl2N3O4S2. The Morgan fingerprint density at radius 1 is 1.13 bits per heavy atom. The molecule has 162 valence electrons. The number of rotatable bonds is 5. The van der Waals surface area contributed by atoms with E-state index in [2.05, 4.69) is 9.88 Å². The SMILES string of the molecule is O=[N+]([O-])c1cccc(S(=O)(=O)C2CCN(c3nc(-c4ccc(Cl)cc4Cl)cs3)CC2)c1. The van der Waals surface area contributed by atoms with Crippen molar-refractivity contribution in [1.29, 1.82) is 0 Å². The molecule has 0 atom stereocenters. The van der Waals surface area contributed by atoms with Gasteiger partial charge in [0.25, 0.3) is 5.69 Å². The number of hydrogen-bond donors (Lipinski definition) is 0. The topological polar surface area (TPSA) is 93.4 Å². The maximum atomic E-state index is 13.0. The highest BCUT2D eigenvalue weighted by molar-refractivity contribution is 7.92. The average Bonchev–Trinajstić information content (AvgIpc) is 3.24. The summed E-state index contributed by atoms with van der Waals surface area (Å²) in [6, 6.07) is 10.5. The van der Waals surface area contributed by atoms with Crippen molar-refractivity contribution in [2.45, 2.75) is 23.0 Å². The number of thiazole rings is 1. The molecule has 31 heavy (non-hydrogen) atoms. The molecule has 1 saturated heterocycles. The lowest BCUT2D eigenvalue weighted by molar-refractivity contribution is -0.385. The zero-order valence-corrected chi connectivity index (χ0v) is 19.2. The van der Waals surface area contributed by atoms with Crippen molar-refractivity contribution in [3.8, 4) is 11.3 Å². The molecule has 2 aromatic carbocycles. The van der Waals surface area contributed by atoms with Gasteiger partial charge in [-0.2, -0.15) is 0 Å². The zero-order chi connectivity index (χ0) is 22.2. The van der Waals surface area contributed by atoms with Crippen LogP contribution in [0.3, 0.4) is 0 Å². The number of sulfone groups is 1. The molecular weight excluding hydrogens is 481 g/mol. The van der Waals surface area contributed by atoms with Gasteiger partial charge in [-0.1, -0.05) is 29.3 Å². The summed E-state index contributed by atoms with van der Waals surface area (Å²) >= 11 is 13.7. The number of piperidine rings is 1. The minimum atomic E-state index is -3.65. The molecule has 0 aliphatic carbocycles. The molecule has 1 fully saturated rings. The highest BCUT2D eigenvalue weighted by atomic mass is 35.5. The third-order valence-corrected chi connectivity index (χ3v) is 8.92. The normalized spacial score (nSPS) is 15.2. The highest BCUT2D eigenvalue weighted by Crippen LogP contribution is 2.35. The lowest BCUT2D eigenvalue weighted by Gasteiger charge is -2.31. The van der Waals surface area contributed by atoms with E-state index in [1.54, 1.807) is 12.1 Å². The Labute approximate surface area is 193 Å². The fraction of sp³-hybridized carbons (Fsp3) is 0.250. The van der Waals surface area contributed by atoms with Crippen LogP contribution in [0, 0.1) is 10.1 Å². The molecule has 7 nitrogen and oxygen atoms in total. The van der Waals surface area contributed by atoms with Crippen LogP contribution in [0.5, 0.6) is 0 Å². The van der Waals surface area contributed by atoms with E-state index >= 15 is 0 Å². The number of halogens is 2. The Bertz CT molecular complexity index is 1240. The summed E-state index contributed by atoms with van der Waals surface area (Å²) in [7, 11) is -3.65. The van der Waals surface area contributed by atoms with Crippen molar-refractivity contribution in [3.63, 3.8) is 0 Å². The predicted molar refractivity (Wildman–Crippen MR) is 123 cm³/mol. The van der Waals surface area contributed by atoms with Crippen LogP contribution >= 0.6 is 34.5 Å². The predicted octanol–water partition coefficient (Wildman–Crippen LogP) is 5.47. The van der Waals surface area contributed by atoms with E-state index < -0.39 is 20.0 Å². The second-order valence-corrected chi connectivity index (χ2v) is 11.0. The van der Waals surface area contributed by atoms with E-state index in [1.807, 2.05) is 11.4 Å². The molecule has 1 aliphatic heterocycles. The average molecular weight is 498 g/mol. The first-order valence-corrected chi connectivity index (χ1v) is 12.6. The zero-order valence-electron chi connectivity index (χ0n) is 16.1. The van der Waals surface area contributed by atoms with Crippen LogP contribution in [-0.4, -0.2) is 36.7 Å². The maximum Gasteiger partial charge on any atom is 0.270 e. The molecule has 4 rings (SSSR count). The number of nitro groups is 1. The molecule has 11 heteroatoms. The van der Waals surface area contributed by atoms with E-state index in [9.17, 15) is 18.5 Å². The third kappa shape index (κ3) is 4.55. The Kier molecular flexibility index (Phi) is 6.20. The van der Waals surface area contributed by atoms with E-state index in [0.29, 0.717) is 36.0 Å². The lowest BCUT2D eigenvalue weighted by atomic mass is 10.1. The summed E-state index contributed by atoms with van der Waals surface area (Å²) in [5.74, 6) is 0. The van der Waals surface area contributed by atoms with Gasteiger partial charge in [0.2, 0.25) is 0 Å². The van der Waals surface area contributed by atoms with Crippen LogP contribution in [0.15, 0.2) is 52.7 Å². The third-order valence-electron chi connectivity index (χ3n) is 5.21. The van der Waals surface area contributed by atoms with Crippen molar-refractivity contribution >= 4 is 55.2 Å². The summed E-state index contributed by atoms with van der Waals surface area (Å²) in [4.78, 5) is 17.1. The summed E-state index contributed by atoms with van der Waals surface area (Å²) in [6.07, 6.45) is 0.837. The number of hydrogen-bond acceptors (Lipinski definition) is 7. The maximum absolute atomic E-state index is 13.0.